The van der Waals surface area contributed by atoms with Gasteiger partial charge in [-0.2, -0.15) is 0 Å². The van der Waals surface area contributed by atoms with E-state index >= 15 is 0 Å². The molecule has 74 valence electrons. The fourth-order valence-electron chi connectivity index (χ4n) is 1.64. The molecule has 1 aliphatic rings. The molecule has 13 heavy (non-hydrogen) atoms. The lowest BCUT2D eigenvalue weighted by atomic mass is 9.89. The van der Waals surface area contributed by atoms with Gasteiger partial charge in [-0.05, 0) is 23.3 Å². The zero-order valence-electron chi connectivity index (χ0n) is 8.69. The van der Waals surface area contributed by atoms with Crippen molar-refractivity contribution in [3.05, 3.63) is 0 Å². The number of rotatable bonds is 5. The monoisotopic (exact) mass is 182 g/mol. The summed E-state index contributed by atoms with van der Waals surface area (Å²) < 4.78 is 0. The summed E-state index contributed by atoms with van der Waals surface area (Å²) in [5, 5.41) is 15.5. The maximum absolute atomic E-state index is 4.13. The number of nitrogens with zero attached hydrogens (tertiary/aromatic N) is 4. The molecule has 1 heterocycles. The van der Waals surface area contributed by atoms with Crippen LogP contribution in [0.5, 0.6) is 0 Å². The summed E-state index contributed by atoms with van der Waals surface area (Å²) in [5.41, 5.74) is -0.338. The van der Waals surface area contributed by atoms with Gasteiger partial charge in [0.15, 0.2) is 5.66 Å². The van der Waals surface area contributed by atoms with Crippen molar-refractivity contribution in [2.24, 2.45) is 26.6 Å². The van der Waals surface area contributed by atoms with Crippen molar-refractivity contribution in [3.63, 3.8) is 0 Å². The molecule has 0 saturated carbocycles. The highest BCUT2D eigenvalue weighted by Gasteiger charge is 2.36. The highest BCUT2D eigenvalue weighted by Crippen LogP contribution is 2.34. The first kappa shape index (κ1) is 10.3. The summed E-state index contributed by atoms with van der Waals surface area (Å²) >= 11 is 0. The van der Waals surface area contributed by atoms with Crippen molar-refractivity contribution in [1.29, 1.82) is 0 Å². The van der Waals surface area contributed by atoms with Crippen LogP contribution in [0.1, 0.15) is 46.5 Å². The standard InChI is InChI=1S/C9H18N4/c1-4-6-7-8(3)9(5-2)10-12-13-11-9/h8H,4-7H2,1-3H3. The summed E-state index contributed by atoms with van der Waals surface area (Å²) in [7, 11) is 0. The Morgan fingerprint density at radius 1 is 1.15 bits per heavy atom. The van der Waals surface area contributed by atoms with Gasteiger partial charge in [-0.25, -0.2) is 0 Å². The van der Waals surface area contributed by atoms with Gasteiger partial charge in [0.05, 0.1) is 0 Å². The molecule has 1 rings (SSSR count). The third kappa shape index (κ3) is 2.11. The van der Waals surface area contributed by atoms with E-state index in [1.165, 1.54) is 12.8 Å². The lowest BCUT2D eigenvalue weighted by molar-refractivity contribution is 0.270. The van der Waals surface area contributed by atoms with Crippen LogP contribution in [0.15, 0.2) is 20.7 Å². The molecule has 4 nitrogen and oxygen atoms in total. The van der Waals surface area contributed by atoms with Crippen LogP contribution in [0.2, 0.25) is 0 Å². The lowest BCUT2D eigenvalue weighted by Crippen LogP contribution is -2.29. The van der Waals surface area contributed by atoms with E-state index in [2.05, 4.69) is 41.4 Å². The molecule has 0 aliphatic carbocycles. The molecule has 4 heteroatoms. The van der Waals surface area contributed by atoms with Gasteiger partial charge >= 0.3 is 0 Å². The van der Waals surface area contributed by atoms with Crippen LogP contribution in [0.25, 0.3) is 0 Å². The Balaban J connectivity index is 2.56. The summed E-state index contributed by atoms with van der Waals surface area (Å²) in [4.78, 5) is 0. The van der Waals surface area contributed by atoms with Crippen molar-refractivity contribution in [1.82, 2.24) is 0 Å². The van der Waals surface area contributed by atoms with Crippen molar-refractivity contribution in [3.8, 4) is 0 Å². The molecule has 0 spiro atoms. The first-order valence-corrected chi connectivity index (χ1v) is 5.09. The second-order valence-electron chi connectivity index (χ2n) is 3.65. The summed E-state index contributed by atoms with van der Waals surface area (Å²) in [6.45, 7) is 6.47. The van der Waals surface area contributed by atoms with Gasteiger partial charge in [-0.3, -0.25) is 0 Å². The summed E-state index contributed by atoms with van der Waals surface area (Å²) in [6.07, 6.45) is 4.50. The molecular weight excluding hydrogens is 164 g/mol. The highest BCUT2D eigenvalue weighted by atomic mass is 15.6. The van der Waals surface area contributed by atoms with Gasteiger partial charge in [0, 0.05) is 5.92 Å². The minimum atomic E-state index is -0.338. The third-order valence-electron chi connectivity index (χ3n) is 2.78. The molecule has 0 amide bonds. The maximum Gasteiger partial charge on any atom is 0.197 e. The van der Waals surface area contributed by atoms with Crippen molar-refractivity contribution < 1.29 is 0 Å². The molecule has 0 bridgehead atoms. The van der Waals surface area contributed by atoms with E-state index in [9.17, 15) is 0 Å². The van der Waals surface area contributed by atoms with Crippen LogP contribution in [-0.4, -0.2) is 5.66 Å². The van der Waals surface area contributed by atoms with E-state index < -0.39 is 0 Å². The topological polar surface area (TPSA) is 49.4 Å². The normalized spacial score (nSPS) is 20.8. The van der Waals surface area contributed by atoms with E-state index in [0.29, 0.717) is 5.92 Å². The Hall–Kier alpha value is -0.800. The Morgan fingerprint density at radius 2 is 1.77 bits per heavy atom. The van der Waals surface area contributed by atoms with E-state index in [-0.39, 0.29) is 5.66 Å². The summed E-state index contributed by atoms with van der Waals surface area (Å²) in [6, 6.07) is 0. The predicted octanol–water partition coefficient (Wildman–Crippen LogP) is 3.75. The zero-order valence-corrected chi connectivity index (χ0v) is 8.69. The molecule has 1 aliphatic heterocycles. The number of unbranched alkanes of at least 4 members (excludes halogenated alkanes) is 1. The Morgan fingerprint density at radius 3 is 2.23 bits per heavy atom. The van der Waals surface area contributed by atoms with Crippen molar-refractivity contribution >= 4 is 0 Å². The maximum atomic E-state index is 4.13. The van der Waals surface area contributed by atoms with Gasteiger partial charge in [-0.1, -0.05) is 33.6 Å². The van der Waals surface area contributed by atoms with Crippen LogP contribution in [-0.2, 0) is 0 Å². The van der Waals surface area contributed by atoms with E-state index in [1.807, 2.05) is 0 Å². The van der Waals surface area contributed by atoms with E-state index in [1.54, 1.807) is 0 Å². The number of hydrogen-bond acceptors (Lipinski definition) is 4. The van der Waals surface area contributed by atoms with Gasteiger partial charge in [0.1, 0.15) is 0 Å². The van der Waals surface area contributed by atoms with Gasteiger partial charge in [0.2, 0.25) is 0 Å². The Kier molecular flexibility index (Phi) is 3.51. The molecular formula is C9H18N4. The zero-order chi connectivity index (χ0) is 9.73. The fourth-order valence-corrected chi connectivity index (χ4v) is 1.64. The molecule has 1 unspecified atom stereocenters. The molecule has 0 saturated heterocycles. The Labute approximate surface area is 79.5 Å². The third-order valence-corrected chi connectivity index (χ3v) is 2.78. The average molecular weight is 182 g/mol. The quantitative estimate of drug-likeness (QED) is 0.621. The molecule has 0 radical (unpaired) electrons. The fraction of sp³-hybridized carbons (Fsp3) is 1.00. The van der Waals surface area contributed by atoms with Crippen LogP contribution in [0.3, 0.4) is 0 Å². The van der Waals surface area contributed by atoms with Gasteiger partial charge < -0.3 is 0 Å². The SMILES string of the molecule is CCCCC(C)C1(CC)N=NN=N1. The van der Waals surface area contributed by atoms with Crippen LogP contribution >= 0.6 is 0 Å². The molecule has 1 atom stereocenters. The molecule has 0 fully saturated rings. The second-order valence-corrected chi connectivity index (χ2v) is 3.65. The minimum Gasteiger partial charge on any atom is -0.134 e. The van der Waals surface area contributed by atoms with E-state index in [4.69, 9.17) is 0 Å². The van der Waals surface area contributed by atoms with Crippen LogP contribution in [0, 0.1) is 5.92 Å². The van der Waals surface area contributed by atoms with Crippen molar-refractivity contribution in [2.45, 2.75) is 52.1 Å². The largest absolute Gasteiger partial charge is 0.197 e. The smallest absolute Gasteiger partial charge is 0.134 e. The minimum absolute atomic E-state index is 0.338. The van der Waals surface area contributed by atoms with Gasteiger partial charge in [0.25, 0.3) is 0 Å². The van der Waals surface area contributed by atoms with Crippen molar-refractivity contribution in [2.75, 3.05) is 0 Å². The first-order chi connectivity index (χ1) is 6.25. The summed E-state index contributed by atoms with van der Waals surface area (Å²) in [5.74, 6) is 0.451. The van der Waals surface area contributed by atoms with Crippen LogP contribution in [0.4, 0.5) is 0 Å². The van der Waals surface area contributed by atoms with Crippen LogP contribution < -0.4 is 0 Å². The average Bonchev–Trinajstić information content (AvgIpc) is 2.63. The molecule has 0 aromatic heterocycles. The first-order valence-electron chi connectivity index (χ1n) is 5.09. The molecule has 0 aromatic carbocycles. The second kappa shape index (κ2) is 4.44. The van der Waals surface area contributed by atoms with Gasteiger partial charge in [-0.15, -0.1) is 10.2 Å². The molecule has 0 aromatic rings. The highest BCUT2D eigenvalue weighted by molar-refractivity contribution is 4.88. The lowest BCUT2D eigenvalue weighted by Gasteiger charge is -2.25. The predicted molar refractivity (Wildman–Crippen MR) is 51.4 cm³/mol. The van der Waals surface area contributed by atoms with E-state index in [0.717, 1.165) is 12.8 Å². The molecule has 0 N–H and O–H groups in total. The Bertz CT molecular complexity index is 198. The number of hydrogen-bond donors (Lipinski definition) is 0.